The van der Waals surface area contributed by atoms with Gasteiger partial charge in [-0.05, 0) is 23.1 Å². The van der Waals surface area contributed by atoms with Crippen LogP contribution in [0, 0.1) is 0 Å². The first-order chi connectivity index (χ1) is 11.9. The van der Waals surface area contributed by atoms with Crippen molar-refractivity contribution in [2.24, 2.45) is 0 Å². The fraction of sp³-hybridized carbons (Fsp3) is 0. The molecule has 3 aromatic heterocycles. The number of thiophene rings is 1. The number of benzene rings is 2. The second-order valence-corrected chi connectivity index (χ2v) is 6.66. The van der Waals surface area contributed by atoms with E-state index >= 15 is 0 Å². The third kappa shape index (κ3) is 1.92. The summed E-state index contributed by atoms with van der Waals surface area (Å²) >= 11 is 1.77. The van der Waals surface area contributed by atoms with Gasteiger partial charge in [-0.1, -0.05) is 60.7 Å². The Bertz CT molecular complexity index is 1050. The van der Waals surface area contributed by atoms with Gasteiger partial charge in [-0.15, -0.1) is 11.3 Å². The van der Waals surface area contributed by atoms with Gasteiger partial charge in [-0.2, -0.15) is 5.10 Å². The molecule has 0 unspecified atom stereocenters. The molecule has 24 heavy (non-hydrogen) atoms. The van der Waals surface area contributed by atoms with Crippen LogP contribution in [-0.2, 0) is 0 Å². The number of pyridine rings is 1. The zero-order chi connectivity index (χ0) is 15.9. The average Bonchev–Trinajstić information content (AvgIpc) is 3.30. The van der Waals surface area contributed by atoms with Crippen LogP contribution < -0.4 is 0 Å². The molecule has 5 aromatic rings. The lowest BCUT2D eigenvalue weighted by atomic mass is 9.96. The summed E-state index contributed by atoms with van der Waals surface area (Å²) in [6.07, 6.45) is 1.88. The summed E-state index contributed by atoms with van der Waals surface area (Å²) in [5, 5.41) is 8.09. The topological polar surface area (TPSA) is 17.3 Å². The van der Waals surface area contributed by atoms with Crippen LogP contribution in [0.1, 0.15) is 0 Å². The molecular weight excluding hydrogens is 312 g/mol. The van der Waals surface area contributed by atoms with E-state index in [2.05, 4.69) is 87.8 Å². The summed E-state index contributed by atoms with van der Waals surface area (Å²) in [6, 6.07) is 25.4. The molecular formula is C21H14N2S. The van der Waals surface area contributed by atoms with Crippen LogP contribution in [0.3, 0.4) is 0 Å². The molecule has 0 aliphatic carbocycles. The van der Waals surface area contributed by atoms with E-state index in [4.69, 9.17) is 0 Å². The van der Waals surface area contributed by atoms with Crippen LogP contribution in [0.5, 0.6) is 0 Å². The fourth-order valence-electron chi connectivity index (χ4n) is 3.35. The molecule has 0 saturated carbocycles. The van der Waals surface area contributed by atoms with Gasteiger partial charge in [0.15, 0.2) is 0 Å². The Morgan fingerprint density at radius 1 is 0.750 bits per heavy atom. The smallest absolute Gasteiger partial charge is 0.0847 e. The second kappa shape index (κ2) is 5.32. The van der Waals surface area contributed by atoms with Crippen molar-refractivity contribution in [1.29, 1.82) is 0 Å². The van der Waals surface area contributed by atoms with Crippen molar-refractivity contribution in [2.45, 2.75) is 0 Å². The maximum absolute atomic E-state index is 4.63. The fourth-order valence-corrected chi connectivity index (χ4v) is 4.26. The van der Waals surface area contributed by atoms with Crippen LogP contribution in [0.4, 0.5) is 0 Å². The lowest BCUT2D eigenvalue weighted by molar-refractivity contribution is 0.977. The Hall–Kier alpha value is -2.91. The Morgan fingerprint density at radius 3 is 2.21 bits per heavy atom. The first-order valence-corrected chi connectivity index (χ1v) is 8.79. The molecule has 0 amide bonds. The van der Waals surface area contributed by atoms with E-state index in [1.807, 2.05) is 6.20 Å². The van der Waals surface area contributed by atoms with Gasteiger partial charge in [0.25, 0.3) is 0 Å². The van der Waals surface area contributed by atoms with E-state index in [1.54, 1.807) is 11.3 Å². The van der Waals surface area contributed by atoms with E-state index in [-0.39, 0.29) is 0 Å². The molecule has 0 spiro atoms. The van der Waals surface area contributed by atoms with Crippen molar-refractivity contribution in [1.82, 2.24) is 9.61 Å². The minimum Gasteiger partial charge on any atom is -0.231 e. The minimum absolute atomic E-state index is 1.15. The van der Waals surface area contributed by atoms with Gasteiger partial charge in [0.2, 0.25) is 0 Å². The molecule has 0 aliphatic heterocycles. The summed E-state index contributed by atoms with van der Waals surface area (Å²) in [7, 11) is 0. The SMILES string of the molecule is c1ccc(-c2c(-c3ccccc3)n3nccc3c3sccc23)cc1. The van der Waals surface area contributed by atoms with Gasteiger partial charge in [-0.25, -0.2) is 4.52 Å². The van der Waals surface area contributed by atoms with Crippen molar-refractivity contribution in [3.05, 3.63) is 84.4 Å². The number of hydrogen-bond acceptors (Lipinski definition) is 2. The summed E-state index contributed by atoms with van der Waals surface area (Å²) in [5.74, 6) is 0. The lowest BCUT2D eigenvalue weighted by Gasteiger charge is -2.14. The zero-order valence-corrected chi connectivity index (χ0v) is 13.7. The van der Waals surface area contributed by atoms with Crippen LogP contribution >= 0.6 is 11.3 Å². The Balaban J connectivity index is 2.02. The van der Waals surface area contributed by atoms with Crippen LogP contribution in [0.2, 0.25) is 0 Å². The number of rotatable bonds is 2. The normalized spacial score (nSPS) is 11.3. The highest BCUT2D eigenvalue weighted by Gasteiger charge is 2.18. The van der Waals surface area contributed by atoms with E-state index in [1.165, 1.54) is 32.3 Å². The quantitative estimate of drug-likeness (QED) is 0.396. The molecule has 0 radical (unpaired) electrons. The van der Waals surface area contributed by atoms with Gasteiger partial charge in [-0.3, -0.25) is 0 Å². The Morgan fingerprint density at radius 2 is 1.46 bits per heavy atom. The summed E-state index contributed by atoms with van der Waals surface area (Å²) < 4.78 is 3.36. The number of aromatic nitrogens is 2. The third-order valence-corrected chi connectivity index (χ3v) is 5.31. The standard InChI is InChI=1S/C21H14N2S/c1-3-7-15(8-4-1)19-17-12-14-24-21(17)18-11-13-22-23(18)20(19)16-9-5-2-6-10-16/h1-14H. The largest absolute Gasteiger partial charge is 0.231 e. The summed E-state index contributed by atoms with van der Waals surface area (Å²) in [4.78, 5) is 0. The molecule has 5 rings (SSSR count). The van der Waals surface area contributed by atoms with Gasteiger partial charge in [0.1, 0.15) is 0 Å². The molecule has 0 saturated heterocycles. The van der Waals surface area contributed by atoms with Crippen molar-refractivity contribution in [3.8, 4) is 22.4 Å². The highest BCUT2D eigenvalue weighted by Crippen LogP contribution is 2.41. The molecule has 0 N–H and O–H groups in total. The Kier molecular flexibility index (Phi) is 3.00. The van der Waals surface area contributed by atoms with Gasteiger partial charge < -0.3 is 0 Å². The van der Waals surface area contributed by atoms with Crippen LogP contribution in [0.25, 0.3) is 38.0 Å². The maximum atomic E-state index is 4.63. The zero-order valence-electron chi connectivity index (χ0n) is 12.9. The average molecular weight is 326 g/mol. The van der Waals surface area contributed by atoms with Crippen LogP contribution in [0.15, 0.2) is 84.4 Å². The first kappa shape index (κ1) is 13.5. The number of fused-ring (bicyclic) bond motifs is 3. The third-order valence-electron chi connectivity index (χ3n) is 4.37. The summed E-state index contributed by atoms with van der Waals surface area (Å²) in [6.45, 7) is 0. The van der Waals surface area contributed by atoms with E-state index < -0.39 is 0 Å². The second-order valence-electron chi connectivity index (χ2n) is 5.75. The molecule has 0 bridgehead atoms. The number of hydrogen-bond donors (Lipinski definition) is 0. The maximum Gasteiger partial charge on any atom is 0.0847 e. The van der Waals surface area contributed by atoms with Gasteiger partial charge >= 0.3 is 0 Å². The van der Waals surface area contributed by atoms with Crippen molar-refractivity contribution in [2.75, 3.05) is 0 Å². The van der Waals surface area contributed by atoms with Crippen molar-refractivity contribution < 1.29 is 0 Å². The molecule has 3 heteroatoms. The Labute approximate surface area is 143 Å². The highest BCUT2D eigenvalue weighted by atomic mass is 32.1. The monoisotopic (exact) mass is 326 g/mol. The van der Waals surface area contributed by atoms with Crippen molar-refractivity contribution >= 4 is 26.9 Å². The summed E-state index contributed by atoms with van der Waals surface area (Å²) in [5.41, 5.74) is 5.95. The number of nitrogens with zero attached hydrogens (tertiary/aromatic N) is 2. The predicted octanol–water partition coefficient (Wildman–Crippen LogP) is 5.88. The minimum atomic E-state index is 1.15. The molecule has 114 valence electrons. The first-order valence-electron chi connectivity index (χ1n) is 7.91. The van der Waals surface area contributed by atoms with E-state index in [9.17, 15) is 0 Å². The molecule has 2 aromatic carbocycles. The molecule has 0 atom stereocenters. The van der Waals surface area contributed by atoms with Gasteiger partial charge in [0.05, 0.1) is 22.1 Å². The molecule has 0 fully saturated rings. The highest BCUT2D eigenvalue weighted by molar-refractivity contribution is 7.18. The van der Waals surface area contributed by atoms with E-state index in [0.29, 0.717) is 0 Å². The van der Waals surface area contributed by atoms with Crippen LogP contribution in [-0.4, -0.2) is 9.61 Å². The molecule has 3 heterocycles. The predicted molar refractivity (Wildman–Crippen MR) is 101 cm³/mol. The van der Waals surface area contributed by atoms with Gasteiger partial charge in [0, 0.05) is 16.5 Å². The lowest BCUT2D eigenvalue weighted by Crippen LogP contribution is -1.98. The molecule has 0 aliphatic rings. The molecule has 2 nitrogen and oxygen atoms in total. The van der Waals surface area contributed by atoms with Crippen molar-refractivity contribution in [3.63, 3.8) is 0 Å². The van der Waals surface area contributed by atoms with E-state index in [0.717, 1.165) is 5.69 Å².